The smallest absolute Gasteiger partial charge is 0.320 e. The molecule has 1 atom stereocenters. The average Bonchev–Trinajstić information content (AvgIpc) is 2.15. The maximum absolute atomic E-state index is 10.4. The van der Waals surface area contributed by atoms with Gasteiger partial charge in [0.15, 0.2) is 12.7 Å². The van der Waals surface area contributed by atoms with Crippen LogP contribution < -0.4 is 10.4 Å². The minimum absolute atomic E-state index is 0.386. The van der Waals surface area contributed by atoms with Crippen molar-refractivity contribution in [3.63, 3.8) is 0 Å². The van der Waals surface area contributed by atoms with Crippen molar-refractivity contribution in [1.82, 2.24) is 5.10 Å². The first kappa shape index (κ1) is 9.60. The normalized spacial score (nSPS) is 12.4. The van der Waals surface area contributed by atoms with Gasteiger partial charge in [-0.2, -0.15) is 0 Å². The predicted molar refractivity (Wildman–Crippen MR) is 44.7 cm³/mol. The van der Waals surface area contributed by atoms with E-state index in [1.807, 2.05) is 6.07 Å². The molecule has 1 aromatic heterocycles. The Labute approximate surface area is 75.8 Å². The molecular formula is C8H12N3O2+. The first-order valence-corrected chi connectivity index (χ1v) is 3.99. The summed E-state index contributed by atoms with van der Waals surface area (Å²) in [5, 5.41) is 12.5. The van der Waals surface area contributed by atoms with Crippen molar-refractivity contribution in [1.29, 1.82) is 0 Å². The van der Waals surface area contributed by atoms with E-state index in [2.05, 4.69) is 5.10 Å². The first-order chi connectivity index (χ1) is 6.20. The Morgan fingerprint density at radius 1 is 1.62 bits per heavy atom. The molecule has 0 saturated heterocycles. The molecule has 5 heteroatoms. The van der Waals surface area contributed by atoms with Crippen LogP contribution in [0.4, 0.5) is 0 Å². The number of aromatic nitrogens is 2. The lowest BCUT2D eigenvalue weighted by Gasteiger charge is -2.00. The van der Waals surface area contributed by atoms with Crippen LogP contribution in [0.3, 0.4) is 0 Å². The molecule has 1 aromatic rings. The van der Waals surface area contributed by atoms with Crippen LogP contribution >= 0.6 is 0 Å². The average molecular weight is 182 g/mol. The van der Waals surface area contributed by atoms with Crippen LogP contribution in [0.2, 0.25) is 0 Å². The number of carbonyl (C=O) groups is 1. The van der Waals surface area contributed by atoms with E-state index in [4.69, 9.17) is 10.8 Å². The minimum atomic E-state index is -0.975. The molecule has 0 unspecified atom stereocenters. The Bertz CT molecular complexity index is 276. The first-order valence-electron chi connectivity index (χ1n) is 3.99. The molecule has 0 saturated carbocycles. The third kappa shape index (κ3) is 3.16. The zero-order chi connectivity index (χ0) is 9.68. The minimum Gasteiger partial charge on any atom is -0.480 e. The number of nitrogens with zero attached hydrogens (tertiary/aromatic N) is 2. The Morgan fingerprint density at radius 3 is 2.92 bits per heavy atom. The van der Waals surface area contributed by atoms with Crippen LogP contribution in [0, 0.1) is 0 Å². The van der Waals surface area contributed by atoms with Crippen LogP contribution in [-0.2, 0) is 11.3 Å². The third-order valence-electron chi connectivity index (χ3n) is 1.66. The van der Waals surface area contributed by atoms with Gasteiger partial charge in [-0.25, -0.2) is 0 Å². The van der Waals surface area contributed by atoms with Gasteiger partial charge in [0.2, 0.25) is 0 Å². The van der Waals surface area contributed by atoms with Crippen molar-refractivity contribution in [2.75, 3.05) is 0 Å². The van der Waals surface area contributed by atoms with E-state index in [1.165, 1.54) is 0 Å². The lowest BCUT2D eigenvalue weighted by molar-refractivity contribution is -0.754. The summed E-state index contributed by atoms with van der Waals surface area (Å²) in [5.41, 5.74) is 5.32. The lowest BCUT2D eigenvalue weighted by Crippen LogP contribution is -2.41. The molecule has 0 aliphatic rings. The Morgan fingerprint density at radius 2 is 2.38 bits per heavy atom. The van der Waals surface area contributed by atoms with E-state index < -0.39 is 12.0 Å². The molecule has 0 bridgehead atoms. The number of nitrogens with two attached hydrogens (primary N) is 1. The van der Waals surface area contributed by atoms with E-state index in [-0.39, 0.29) is 0 Å². The highest BCUT2D eigenvalue weighted by molar-refractivity contribution is 5.72. The largest absolute Gasteiger partial charge is 0.480 e. The number of rotatable bonds is 4. The monoisotopic (exact) mass is 182 g/mol. The molecule has 0 radical (unpaired) electrons. The van der Waals surface area contributed by atoms with E-state index >= 15 is 0 Å². The van der Waals surface area contributed by atoms with Gasteiger partial charge in [0.05, 0.1) is 6.20 Å². The van der Waals surface area contributed by atoms with Gasteiger partial charge in [0.25, 0.3) is 0 Å². The SMILES string of the molecule is N[C@H](CC[n+]1ccccn1)C(=O)O. The molecule has 1 heterocycles. The van der Waals surface area contributed by atoms with Gasteiger partial charge in [-0.05, 0) is 11.2 Å². The highest BCUT2D eigenvalue weighted by Crippen LogP contribution is 1.87. The van der Waals surface area contributed by atoms with E-state index in [0.29, 0.717) is 13.0 Å². The van der Waals surface area contributed by atoms with Crippen molar-refractivity contribution in [3.05, 3.63) is 24.5 Å². The number of aliphatic carboxylic acids is 1. The molecule has 3 N–H and O–H groups in total. The lowest BCUT2D eigenvalue weighted by atomic mass is 10.2. The van der Waals surface area contributed by atoms with Gasteiger partial charge in [-0.1, -0.05) is 4.68 Å². The Kier molecular flexibility index (Phi) is 3.33. The summed E-state index contributed by atoms with van der Waals surface area (Å²) in [6, 6.07) is 2.82. The molecule has 5 nitrogen and oxygen atoms in total. The fraction of sp³-hybridized carbons (Fsp3) is 0.375. The van der Waals surface area contributed by atoms with Gasteiger partial charge in [0, 0.05) is 12.5 Å². The summed E-state index contributed by atoms with van der Waals surface area (Å²) in [6.45, 7) is 0.522. The summed E-state index contributed by atoms with van der Waals surface area (Å²) < 4.78 is 1.66. The summed E-state index contributed by atoms with van der Waals surface area (Å²) in [4.78, 5) is 10.4. The predicted octanol–water partition coefficient (Wildman–Crippen LogP) is -0.829. The topological polar surface area (TPSA) is 80.1 Å². The number of aryl methyl sites for hydroxylation is 1. The van der Waals surface area contributed by atoms with Gasteiger partial charge in [-0.15, -0.1) is 0 Å². The van der Waals surface area contributed by atoms with Gasteiger partial charge < -0.3 is 10.8 Å². The van der Waals surface area contributed by atoms with Crippen LogP contribution in [0.5, 0.6) is 0 Å². The molecule has 0 spiro atoms. The quantitative estimate of drug-likeness (QED) is 0.596. The standard InChI is InChI=1S/C8H11N3O2/c9-7(8(12)13)3-6-11-5-2-1-4-10-11/h1-2,4-5,7H,3,6,9H2/p+1/t7-/m1/s1. The number of hydrogen-bond acceptors (Lipinski definition) is 3. The number of carboxylic acids is 1. The van der Waals surface area contributed by atoms with Gasteiger partial charge in [0.1, 0.15) is 6.04 Å². The summed E-state index contributed by atoms with van der Waals surface area (Å²) in [6.07, 6.45) is 3.80. The van der Waals surface area contributed by atoms with E-state index in [1.54, 1.807) is 23.1 Å². The summed E-state index contributed by atoms with van der Waals surface area (Å²) in [7, 11) is 0. The molecule has 1 rings (SSSR count). The summed E-state index contributed by atoms with van der Waals surface area (Å²) in [5.74, 6) is -0.975. The highest BCUT2D eigenvalue weighted by atomic mass is 16.4. The van der Waals surface area contributed by atoms with Crippen molar-refractivity contribution in [3.8, 4) is 0 Å². The maximum atomic E-state index is 10.4. The van der Waals surface area contributed by atoms with Crippen LogP contribution in [0.25, 0.3) is 0 Å². The fourth-order valence-electron chi connectivity index (χ4n) is 0.888. The Hall–Kier alpha value is -1.49. The van der Waals surface area contributed by atoms with Crippen LogP contribution in [0.15, 0.2) is 24.5 Å². The highest BCUT2D eigenvalue weighted by Gasteiger charge is 2.13. The molecule has 0 aromatic carbocycles. The molecule has 0 aliphatic heterocycles. The molecule has 13 heavy (non-hydrogen) atoms. The summed E-state index contributed by atoms with van der Waals surface area (Å²) >= 11 is 0. The third-order valence-corrected chi connectivity index (χ3v) is 1.66. The maximum Gasteiger partial charge on any atom is 0.320 e. The number of hydrogen-bond donors (Lipinski definition) is 2. The zero-order valence-corrected chi connectivity index (χ0v) is 7.13. The second-order valence-corrected chi connectivity index (χ2v) is 2.69. The molecule has 0 fully saturated rings. The van der Waals surface area contributed by atoms with Crippen molar-refractivity contribution < 1.29 is 14.6 Å². The van der Waals surface area contributed by atoms with E-state index in [9.17, 15) is 4.79 Å². The zero-order valence-electron chi connectivity index (χ0n) is 7.13. The second kappa shape index (κ2) is 4.51. The van der Waals surface area contributed by atoms with Crippen molar-refractivity contribution in [2.24, 2.45) is 5.73 Å². The second-order valence-electron chi connectivity index (χ2n) is 2.69. The van der Waals surface area contributed by atoms with Crippen molar-refractivity contribution in [2.45, 2.75) is 19.0 Å². The molecule has 0 amide bonds. The molecular weight excluding hydrogens is 170 g/mol. The van der Waals surface area contributed by atoms with Crippen LogP contribution in [-0.4, -0.2) is 22.2 Å². The van der Waals surface area contributed by atoms with Gasteiger partial charge in [-0.3, -0.25) is 4.79 Å². The van der Waals surface area contributed by atoms with Gasteiger partial charge >= 0.3 is 5.97 Å². The Balaban J connectivity index is 2.39. The van der Waals surface area contributed by atoms with E-state index in [0.717, 1.165) is 0 Å². The fourth-order valence-corrected chi connectivity index (χ4v) is 0.888. The number of carboxylic acid groups (broad SMARTS) is 1. The molecule has 0 aliphatic carbocycles. The van der Waals surface area contributed by atoms with Crippen LogP contribution in [0.1, 0.15) is 6.42 Å². The van der Waals surface area contributed by atoms with Crippen molar-refractivity contribution >= 4 is 5.97 Å². The molecule has 70 valence electrons.